The lowest BCUT2D eigenvalue weighted by Gasteiger charge is -1.90. The Bertz CT molecular complexity index is 476. The van der Waals surface area contributed by atoms with Gasteiger partial charge in [-0.05, 0) is 6.92 Å². The Balaban J connectivity index is 2.67. The second-order valence-electron chi connectivity index (χ2n) is 2.56. The summed E-state index contributed by atoms with van der Waals surface area (Å²) < 4.78 is 0. The van der Waals surface area contributed by atoms with Crippen LogP contribution in [0.15, 0.2) is 6.20 Å². The smallest absolute Gasteiger partial charge is 0.374 e. The van der Waals surface area contributed by atoms with Crippen molar-refractivity contribution in [1.29, 1.82) is 0 Å². The van der Waals surface area contributed by atoms with Crippen molar-refractivity contribution in [3.8, 4) is 0 Å². The lowest BCUT2D eigenvalue weighted by molar-refractivity contribution is 0.0684. The minimum Gasteiger partial charge on any atom is -0.475 e. The third kappa shape index (κ3) is 1.22. The Morgan fingerprint density at radius 3 is 3.00 bits per heavy atom. The summed E-state index contributed by atoms with van der Waals surface area (Å²) in [7, 11) is 0. The van der Waals surface area contributed by atoms with Gasteiger partial charge in [-0.15, -0.1) is 0 Å². The zero-order valence-electron chi connectivity index (χ0n) is 6.77. The fourth-order valence-electron chi connectivity index (χ4n) is 1.03. The second-order valence-corrected chi connectivity index (χ2v) is 2.56. The van der Waals surface area contributed by atoms with Crippen LogP contribution in [-0.2, 0) is 0 Å². The van der Waals surface area contributed by atoms with Crippen LogP contribution in [0.2, 0.25) is 0 Å². The fourth-order valence-corrected chi connectivity index (χ4v) is 1.03. The third-order valence-electron chi connectivity index (χ3n) is 1.55. The van der Waals surface area contributed by atoms with Crippen molar-refractivity contribution < 1.29 is 9.90 Å². The molecular formula is C7H6N4O2. The molecule has 0 saturated heterocycles. The van der Waals surface area contributed by atoms with E-state index in [1.807, 2.05) is 0 Å². The molecule has 0 radical (unpaired) electrons. The number of hydrogen-bond donors (Lipinski definition) is 2. The number of aromatic nitrogens is 4. The lowest BCUT2D eigenvalue weighted by atomic mass is 10.5. The van der Waals surface area contributed by atoms with Gasteiger partial charge >= 0.3 is 5.97 Å². The van der Waals surface area contributed by atoms with Crippen LogP contribution in [0.1, 0.15) is 16.4 Å². The van der Waals surface area contributed by atoms with Crippen LogP contribution in [0.5, 0.6) is 0 Å². The van der Waals surface area contributed by atoms with E-state index in [2.05, 4.69) is 19.9 Å². The van der Waals surface area contributed by atoms with Crippen molar-refractivity contribution in [2.45, 2.75) is 6.92 Å². The van der Waals surface area contributed by atoms with Gasteiger partial charge in [-0.2, -0.15) is 0 Å². The average molecular weight is 178 g/mol. The van der Waals surface area contributed by atoms with E-state index in [4.69, 9.17) is 5.11 Å². The van der Waals surface area contributed by atoms with E-state index in [-0.39, 0.29) is 5.82 Å². The molecule has 6 nitrogen and oxygen atoms in total. The number of carbonyl (C=O) groups is 1. The van der Waals surface area contributed by atoms with Crippen molar-refractivity contribution in [2.24, 2.45) is 0 Å². The summed E-state index contributed by atoms with van der Waals surface area (Å²) in [6, 6.07) is 0. The van der Waals surface area contributed by atoms with Crippen molar-refractivity contribution in [3.63, 3.8) is 0 Å². The summed E-state index contributed by atoms with van der Waals surface area (Å²) in [6.45, 7) is 1.77. The van der Waals surface area contributed by atoms with E-state index in [1.54, 1.807) is 6.92 Å². The van der Waals surface area contributed by atoms with E-state index in [1.165, 1.54) is 6.20 Å². The first kappa shape index (κ1) is 7.66. The Kier molecular flexibility index (Phi) is 1.48. The number of imidazole rings is 1. The predicted octanol–water partition coefficient (Wildman–Crippen LogP) is 0.360. The molecule has 6 heteroatoms. The SMILES string of the molecule is Cc1nc2nc(C(=O)O)ncc2[nH]1. The van der Waals surface area contributed by atoms with E-state index in [0.29, 0.717) is 17.0 Å². The molecule has 0 bridgehead atoms. The zero-order chi connectivity index (χ0) is 9.42. The summed E-state index contributed by atoms with van der Waals surface area (Å²) in [4.78, 5) is 24.8. The molecule has 0 saturated carbocycles. The highest BCUT2D eigenvalue weighted by Crippen LogP contribution is 2.06. The Morgan fingerprint density at radius 2 is 2.31 bits per heavy atom. The second kappa shape index (κ2) is 2.51. The third-order valence-corrected chi connectivity index (χ3v) is 1.55. The molecule has 0 unspecified atom stereocenters. The maximum absolute atomic E-state index is 10.5. The monoisotopic (exact) mass is 178 g/mol. The zero-order valence-corrected chi connectivity index (χ0v) is 6.77. The van der Waals surface area contributed by atoms with Crippen molar-refractivity contribution in [1.82, 2.24) is 19.9 Å². The van der Waals surface area contributed by atoms with Gasteiger partial charge in [0.2, 0.25) is 5.82 Å². The highest BCUT2D eigenvalue weighted by atomic mass is 16.4. The van der Waals surface area contributed by atoms with Crippen LogP contribution in [-0.4, -0.2) is 31.0 Å². The first-order valence-electron chi connectivity index (χ1n) is 3.59. The number of nitrogens with one attached hydrogen (secondary N) is 1. The van der Waals surface area contributed by atoms with Gasteiger partial charge < -0.3 is 10.1 Å². The van der Waals surface area contributed by atoms with Gasteiger partial charge in [-0.25, -0.2) is 19.7 Å². The molecule has 66 valence electrons. The maximum atomic E-state index is 10.5. The molecule has 2 rings (SSSR count). The molecule has 2 aromatic rings. The minimum absolute atomic E-state index is 0.237. The van der Waals surface area contributed by atoms with E-state index in [9.17, 15) is 4.79 Å². The molecule has 0 atom stereocenters. The average Bonchev–Trinajstić information content (AvgIpc) is 2.42. The number of aromatic amines is 1. The number of hydrogen-bond acceptors (Lipinski definition) is 4. The van der Waals surface area contributed by atoms with Gasteiger partial charge in [0.1, 0.15) is 11.3 Å². The van der Waals surface area contributed by atoms with Gasteiger partial charge in [-0.1, -0.05) is 0 Å². The number of aromatic carboxylic acids is 1. The number of rotatable bonds is 1. The van der Waals surface area contributed by atoms with Gasteiger partial charge in [0.25, 0.3) is 0 Å². The number of carboxylic acid groups (broad SMARTS) is 1. The van der Waals surface area contributed by atoms with Gasteiger partial charge in [0.05, 0.1) is 6.20 Å². The number of H-pyrrole nitrogens is 1. The van der Waals surface area contributed by atoms with Crippen LogP contribution < -0.4 is 0 Å². The van der Waals surface area contributed by atoms with Crippen molar-refractivity contribution >= 4 is 17.1 Å². The normalized spacial score (nSPS) is 10.5. The van der Waals surface area contributed by atoms with Crippen LogP contribution >= 0.6 is 0 Å². The molecule has 0 aliphatic heterocycles. The topological polar surface area (TPSA) is 91.8 Å². The fraction of sp³-hybridized carbons (Fsp3) is 0.143. The lowest BCUT2D eigenvalue weighted by Crippen LogP contribution is -2.03. The molecule has 2 aromatic heterocycles. The Labute approximate surface area is 72.7 Å². The summed E-state index contributed by atoms with van der Waals surface area (Å²) in [5.74, 6) is -0.701. The summed E-state index contributed by atoms with van der Waals surface area (Å²) in [5, 5.41) is 8.59. The number of fused-ring (bicyclic) bond motifs is 1. The first-order chi connectivity index (χ1) is 6.16. The molecule has 0 amide bonds. The van der Waals surface area contributed by atoms with Crippen LogP contribution in [0.3, 0.4) is 0 Å². The first-order valence-corrected chi connectivity index (χ1v) is 3.59. The molecule has 2 N–H and O–H groups in total. The standard InChI is InChI=1S/C7H6N4O2/c1-3-9-4-2-8-6(7(12)13)11-5(4)10-3/h2H,1H3,(H,12,13)(H,8,9,10,11). The quantitative estimate of drug-likeness (QED) is 0.657. The molecule has 0 fully saturated rings. The van der Waals surface area contributed by atoms with Crippen molar-refractivity contribution in [3.05, 3.63) is 17.8 Å². The molecule has 0 aliphatic rings. The molecule has 13 heavy (non-hydrogen) atoms. The Hall–Kier alpha value is -1.98. The molecular weight excluding hydrogens is 172 g/mol. The molecule has 0 aromatic carbocycles. The molecule has 2 heterocycles. The number of nitrogens with zero attached hydrogens (tertiary/aromatic N) is 3. The van der Waals surface area contributed by atoms with Crippen LogP contribution in [0, 0.1) is 6.92 Å². The minimum atomic E-state index is -1.15. The van der Waals surface area contributed by atoms with E-state index in [0.717, 1.165) is 0 Å². The summed E-state index contributed by atoms with van der Waals surface area (Å²) in [5.41, 5.74) is 1.02. The van der Waals surface area contributed by atoms with Gasteiger partial charge in [0, 0.05) is 0 Å². The molecule has 0 spiro atoms. The summed E-state index contributed by atoms with van der Waals surface area (Å²) in [6.07, 6.45) is 1.41. The number of aryl methyl sites for hydroxylation is 1. The molecule has 0 aliphatic carbocycles. The van der Waals surface area contributed by atoms with Crippen LogP contribution in [0.4, 0.5) is 0 Å². The Morgan fingerprint density at radius 1 is 1.54 bits per heavy atom. The largest absolute Gasteiger partial charge is 0.475 e. The summed E-state index contributed by atoms with van der Waals surface area (Å²) >= 11 is 0. The predicted molar refractivity (Wildman–Crippen MR) is 43.4 cm³/mol. The maximum Gasteiger partial charge on any atom is 0.374 e. The highest BCUT2D eigenvalue weighted by molar-refractivity contribution is 5.85. The van der Waals surface area contributed by atoms with E-state index >= 15 is 0 Å². The van der Waals surface area contributed by atoms with Crippen LogP contribution in [0.25, 0.3) is 11.2 Å². The van der Waals surface area contributed by atoms with Gasteiger partial charge in [0.15, 0.2) is 5.65 Å². The van der Waals surface area contributed by atoms with Crippen molar-refractivity contribution in [2.75, 3.05) is 0 Å². The number of carboxylic acids is 1. The highest BCUT2D eigenvalue weighted by Gasteiger charge is 2.08. The van der Waals surface area contributed by atoms with Gasteiger partial charge in [-0.3, -0.25) is 0 Å². The van der Waals surface area contributed by atoms with E-state index < -0.39 is 5.97 Å².